The second kappa shape index (κ2) is 9.19. The van der Waals surface area contributed by atoms with Crippen molar-refractivity contribution < 1.29 is 14.3 Å². The van der Waals surface area contributed by atoms with Gasteiger partial charge in [0.05, 0.1) is 17.8 Å². The summed E-state index contributed by atoms with van der Waals surface area (Å²) in [5.74, 6) is -0.148. The van der Waals surface area contributed by atoms with Crippen LogP contribution in [0.15, 0.2) is 48.8 Å². The number of aromatic nitrogens is 4. The van der Waals surface area contributed by atoms with Gasteiger partial charge in [0.15, 0.2) is 5.82 Å². The molecule has 3 aromatic heterocycles. The number of aliphatic carboxylic acids is 1. The lowest BCUT2D eigenvalue weighted by atomic mass is 9.61. The van der Waals surface area contributed by atoms with Crippen LogP contribution in [0.25, 0.3) is 33.7 Å². The van der Waals surface area contributed by atoms with E-state index < -0.39 is 17.7 Å². The molecule has 0 amide bonds. The highest BCUT2D eigenvalue weighted by Gasteiger charge is 2.47. The van der Waals surface area contributed by atoms with Crippen molar-refractivity contribution in [2.24, 2.45) is 17.8 Å². The zero-order chi connectivity index (χ0) is 26.6. The summed E-state index contributed by atoms with van der Waals surface area (Å²) in [5, 5.41) is 14.2. The number of halogens is 1. The first-order chi connectivity index (χ1) is 18.2. The van der Waals surface area contributed by atoms with Gasteiger partial charge >= 0.3 is 5.97 Å². The monoisotopic (exact) mass is 513 g/mol. The van der Waals surface area contributed by atoms with E-state index in [-0.39, 0.29) is 17.4 Å². The summed E-state index contributed by atoms with van der Waals surface area (Å²) in [6.45, 7) is 6.52. The summed E-state index contributed by atoms with van der Waals surface area (Å²) in [6.07, 6.45) is 6.90. The molecule has 0 radical (unpaired) electrons. The summed E-state index contributed by atoms with van der Waals surface area (Å²) < 4.78 is 14.1. The lowest BCUT2D eigenvalue weighted by Crippen LogP contribution is -2.51. The first-order valence-corrected chi connectivity index (χ1v) is 13.3. The van der Waals surface area contributed by atoms with Crippen LogP contribution >= 0.6 is 0 Å². The van der Waals surface area contributed by atoms with Gasteiger partial charge in [-0.1, -0.05) is 45.0 Å². The number of benzene rings is 1. The number of carboxylic acid groups (broad SMARTS) is 1. The molecule has 8 heteroatoms. The molecule has 3 aliphatic carbocycles. The van der Waals surface area contributed by atoms with Crippen LogP contribution in [-0.2, 0) is 10.2 Å². The maximum absolute atomic E-state index is 14.1. The molecule has 2 unspecified atom stereocenters. The number of nitrogens with zero attached hydrogens (tertiary/aromatic N) is 3. The minimum absolute atomic E-state index is 0.0231. The van der Waals surface area contributed by atoms with Gasteiger partial charge in [-0.15, -0.1) is 0 Å². The van der Waals surface area contributed by atoms with Crippen molar-refractivity contribution in [2.75, 3.05) is 5.32 Å². The number of fused-ring (bicyclic) bond motifs is 4. The molecule has 196 valence electrons. The molecule has 3 aliphatic rings. The fourth-order valence-electron chi connectivity index (χ4n) is 6.28. The molecule has 2 atom stereocenters. The molecule has 0 spiro atoms. The standard InChI is InChI=1S/C30H32FN5O2/c1-30(2,3)19-10-8-16(9-11-19)23-13-24(35-26-18-6-4-17(5-7-18)25(26)29(37)38)36-28(34-23)22-15-33-27-21(22)12-20(31)14-32-27/h8-15,17-18,25-26H,4-7H2,1-3H3,(H,32,33)(H,37,38)(H,34,35,36). The van der Waals surface area contributed by atoms with Gasteiger partial charge in [-0.25, -0.2) is 19.3 Å². The Morgan fingerprint density at radius 1 is 1.05 bits per heavy atom. The Hall–Kier alpha value is -3.81. The summed E-state index contributed by atoms with van der Waals surface area (Å²) in [7, 11) is 0. The van der Waals surface area contributed by atoms with E-state index in [0.29, 0.717) is 39.9 Å². The first kappa shape index (κ1) is 24.5. The molecule has 0 saturated heterocycles. The Morgan fingerprint density at radius 3 is 2.45 bits per heavy atom. The number of carboxylic acids is 1. The summed E-state index contributed by atoms with van der Waals surface area (Å²) in [4.78, 5) is 29.2. The van der Waals surface area contributed by atoms with Crippen LogP contribution in [0.1, 0.15) is 52.0 Å². The Bertz CT molecular complexity index is 1500. The van der Waals surface area contributed by atoms with Crippen molar-refractivity contribution in [2.45, 2.75) is 57.9 Å². The van der Waals surface area contributed by atoms with Crippen molar-refractivity contribution in [3.8, 4) is 22.6 Å². The number of rotatable bonds is 5. The van der Waals surface area contributed by atoms with E-state index in [1.807, 2.05) is 6.07 Å². The minimum atomic E-state index is -0.748. The van der Waals surface area contributed by atoms with Gasteiger partial charge in [0.25, 0.3) is 0 Å². The number of H-pyrrole nitrogens is 1. The van der Waals surface area contributed by atoms with Crippen LogP contribution in [0.3, 0.4) is 0 Å². The van der Waals surface area contributed by atoms with Gasteiger partial charge in [-0.2, -0.15) is 0 Å². The highest BCUT2D eigenvalue weighted by molar-refractivity contribution is 5.92. The Kier molecular flexibility index (Phi) is 5.93. The molecule has 2 bridgehead atoms. The van der Waals surface area contributed by atoms with Gasteiger partial charge in [0.2, 0.25) is 0 Å². The summed E-state index contributed by atoms with van der Waals surface area (Å²) in [5.41, 5.74) is 4.07. The molecule has 4 aromatic rings. The molecule has 0 aliphatic heterocycles. The molecule has 3 saturated carbocycles. The number of carbonyl (C=O) groups is 1. The van der Waals surface area contributed by atoms with Crippen LogP contribution < -0.4 is 5.32 Å². The van der Waals surface area contributed by atoms with E-state index in [2.05, 4.69) is 60.3 Å². The van der Waals surface area contributed by atoms with Crippen LogP contribution in [-0.4, -0.2) is 37.1 Å². The van der Waals surface area contributed by atoms with Gasteiger partial charge in [-0.3, -0.25) is 4.79 Å². The number of pyridine rings is 1. The van der Waals surface area contributed by atoms with Gasteiger partial charge in [0.1, 0.15) is 17.3 Å². The third-order valence-corrected chi connectivity index (χ3v) is 8.33. The number of anilines is 1. The van der Waals surface area contributed by atoms with Gasteiger partial charge < -0.3 is 15.4 Å². The molecule has 3 heterocycles. The highest BCUT2D eigenvalue weighted by Crippen LogP contribution is 2.46. The van der Waals surface area contributed by atoms with Crippen molar-refractivity contribution in [3.05, 3.63) is 60.2 Å². The lowest BCUT2D eigenvalue weighted by molar-refractivity contribution is -0.148. The predicted octanol–water partition coefficient (Wildman–Crippen LogP) is 6.42. The predicted molar refractivity (Wildman–Crippen MR) is 145 cm³/mol. The van der Waals surface area contributed by atoms with E-state index in [1.54, 1.807) is 6.20 Å². The van der Waals surface area contributed by atoms with E-state index in [4.69, 9.17) is 9.97 Å². The zero-order valence-electron chi connectivity index (χ0n) is 21.8. The highest BCUT2D eigenvalue weighted by atomic mass is 19.1. The topological polar surface area (TPSA) is 104 Å². The summed E-state index contributed by atoms with van der Waals surface area (Å²) >= 11 is 0. The third-order valence-electron chi connectivity index (χ3n) is 8.33. The second-order valence-corrected chi connectivity index (χ2v) is 11.8. The minimum Gasteiger partial charge on any atom is -0.481 e. The SMILES string of the molecule is CC(C)(C)c1ccc(-c2cc(NC3C4CCC(CC4)C3C(=O)O)nc(-c3c[nH]c4ncc(F)cc34)n2)cc1. The van der Waals surface area contributed by atoms with Crippen LogP contribution in [0.2, 0.25) is 0 Å². The lowest BCUT2D eigenvalue weighted by Gasteiger charge is -2.47. The van der Waals surface area contributed by atoms with Crippen LogP contribution in [0.5, 0.6) is 0 Å². The van der Waals surface area contributed by atoms with Crippen molar-refractivity contribution >= 4 is 22.8 Å². The fraction of sp³-hybridized carbons (Fsp3) is 0.400. The van der Waals surface area contributed by atoms with E-state index >= 15 is 0 Å². The Balaban J connectivity index is 1.45. The normalized spacial score (nSPS) is 23.1. The largest absolute Gasteiger partial charge is 0.481 e. The van der Waals surface area contributed by atoms with E-state index in [0.717, 1.165) is 31.2 Å². The maximum atomic E-state index is 14.1. The number of aromatic amines is 1. The average molecular weight is 514 g/mol. The third kappa shape index (κ3) is 4.42. The average Bonchev–Trinajstić information content (AvgIpc) is 3.31. The van der Waals surface area contributed by atoms with Crippen molar-refractivity contribution in [3.63, 3.8) is 0 Å². The Morgan fingerprint density at radius 2 is 1.76 bits per heavy atom. The second-order valence-electron chi connectivity index (χ2n) is 11.8. The van der Waals surface area contributed by atoms with Crippen LogP contribution in [0, 0.1) is 23.6 Å². The Labute approximate surface area is 220 Å². The van der Waals surface area contributed by atoms with E-state index in [1.165, 1.54) is 17.8 Å². The van der Waals surface area contributed by atoms with Crippen molar-refractivity contribution in [1.29, 1.82) is 0 Å². The quantitative estimate of drug-likeness (QED) is 0.284. The fourth-order valence-corrected chi connectivity index (χ4v) is 6.28. The maximum Gasteiger partial charge on any atom is 0.308 e. The molecular formula is C30H32FN5O2. The summed E-state index contributed by atoms with van der Waals surface area (Å²) in [6, 6.07) is 11.4. The van der Waals surface area contributed by atoms with E-state index in [9.17, 15) is 14.3 Å². The van der Waals surface area contributed by atoms with Gasteiger partial charge in [-0.05, 0) is 54.6 Å². The zero-order valence-corrected chi connectivity index (χ0v) is 21.8. The van der Waals surface area contributed by atoms with Crippen LogP contribution in [0.4, 0.5) is 10.2 Å². The smallest absolute Gasteiger partial charge is 0.308 e. The molecule has 3 fully saturated rings. The molecular weight excluding hydrogens is 481 g/mol. The molecule has 7 nitrogen and oxygen atoms in total. The molecule has 7 rings (SSSR count). The number of hydrogen-bond donors (Lipinski definition) is 3. The van der Waals surface area contributed by atoms with Crippen molar-refractivity contribution in [1.82, 2.24) is 19.9 Å². The molecule has 38 heavy (non-hydrogen) atoms. The first-order valence-electron chi connectivity index (χ1n) is 13.3. The number of hydrogen-bond acceptors (Lipinski definition) is 5. The molecule has 3 N–H and O–H groups in total. The number of nitrogens with one attached hydrogen (secondary N) is 2. The molecule has 1 aromatic carbocycles. The van der Waals surface area contributed by atoms with Gasteiger partial charge in [0, 0.05) is 34.8 Å².